The second-order valence-corrected chi connectivity index (χ2v) is 7.92. The summed E-state index contributed by atoms with van der Waals surface area (Å²) in [7, 11) is 0. The van der Waals surface area contributed by atoms with E-state index in [9.17, 15) is 14.0 Å². The average Bonchev–Trinajstić information content (AvgIpc) is 3.11. The number of nitrogens with one attached hydrogen (secondary N) is 2. The molecule has 0 radical (unpaired) electrons. The molecule has 6 nitrogen and oxygen atoms in total. The summed E-state index contributed by atoms with van der Waals surface area (Å²) in [6.07, 6.45) is 1.72. The highest BCUT2D eigenvalue weighted by molar-refractivity contribution is 8.00. The molecule has 0 bridgehead atoms. The molecule has 1 aromatic heterocycles. The summed E-state index contributed by atoms with van der Waals surface area (Å²) in [6.45, 7) is 4.47. The fourth-order valence-corrected chi connectivity index (χ4v) is 3.74. The third-order valence-electron chi connectivity index (χ3n) is 4.37. The van der Waals surface area contributed by atoms with Gasteiger partial charge in [0.05, 0.1) is 23.7 Å². The molecular weight excluding hydrogens is 403 g/mol. The van der Waals surface area contributed by atoms with Crippen LogP contribution in [0.3, 0.4) is 0 Å². The van der Waals surface area contributed by atoms with E-state index in [2.05, 4.69) is 15.6 Å². The molecular formula is C22H23FN4O2S. The number of aromatic nitrogens is 2. The number of nitrogens with zero attached hydrogens (tertiary/aromatic N) is 2. The first-order chi connectivity index (χ1) is 14.5. The van der Waals surface area contributed by atoms with Gasteiger partial charge >= 0.3 is 6.03 Å². The van der Waals surface area contributed by atoms with Crippen molar-refractivity contribution >= 4 is 23.7 Å². The Kier molecular flexibility index (Phi) is 7.24. The minimum absolute atomic E-state index is 0.307. The molecule has 0 spiro atoms. The van der Waals surface area contributed by atoms with Crippen molar-refractivity contribution in [2.75, 3.05) is 6.54 Å². The number of thioether (sulfide) groups is 1. The van der Waals surface area contributed by atoms with Gasteiger partial charge in [-0.05, 0) is 49.2 Å². The number of imide groups is 1. The van der Waals surface area contributed by atoms with Gasteiger partial charge in [-0.3, -0.25) is 10.1 Å². The van der Waals surface area contributed by atoms with Crippen molar-refractivity contribution in [2.24, 2.45) is 0 Å². The first-order valence-electron chi connectivity index (χ1n) is 9.58. The molecule has 0 aliphatic heterocycles. The minimum Gasteiger partial charge on any atom is -0.338 e. The highest BCUT2D eigenvalue weighted by Gasteiger charge is 2.21. The third-order valence-corrected chi connectivity index (χ3v) is 5.47. The number of hydrogen-bond donors (Lipinski definition) is 2. The second-order valence-electron chi connectivity index (χ2n) is 6.61. The Balaban J connectivity index is 1.87. The van der Waals surface area contributed by atoms with Gasteiger partial charge in [-0.1, -0.05) is 42.1 Å². The lowest BCUT2D eigenvalue weighted by Crippen LogP contribution is -2.42. The van der Waals surface area contributed by atoms with Crippen molar-refractivity contribution in [2.45, 2.75) is 30.8 Å². The topological polar surface area (TPSA) is 76.0 Å². The summed E-state index contributed by atoms with van der Waals surface area (Å²) in [5.74, 6) is -0.707. The second kappa shape index (κ2) is 10.1. The number of urea groups is 1. The lowest BCUT2D eigenvalue weighted by atomic mass is 10.1. The monoisotopic (exact) mass is 426 g/mol. The summed E-state index contributed by atoms with van der Waals surface area (Å²) < 4.78 is 15.4. The van der Waals surface area contributed by atoms with E-state index in [4.69, 9.17) is 0 Å². The molecule has 1 atom stereocenters. The molecule has 0 saturated heterocycles. The Hall–Kier alpha value is -3.13. The van der Waals surface area contributed by atoms with E-state index >= 15 is 0 Å². The van der Waals surface area contributed by atoms with Gasteiger partial charge in [-0.25, -0.2) is 14.2 Å². The maximum Gasteiger partial charge on any atom is 0.321 e. The molecule has 2 aromatic carbocycles. The van der Waals surface area contributed by atoms with Crippen molar-refractivity contribution in [3.63, 3.8) is 0 Å². The van der Waals surface area contributed by atoms with Crippen LogP contribution in [0.2, 0.25) is 0 Å². The predicted octanol–water partition coefficient (Wildman–Crippen LogP) is 4.06. The Labute approximate surface area is 178 Å². The Morgan fingerprint density at radius 1 is 1.13 bits per heavy atom. The summed E-state index contributed by atoms with van der Waals surface area (Å²) in [6, 6.07) is 15.6. The maximum atomic E-state index is 13.4. The van der Waals surface area contributed by atoms with Gasteiger partial charge < -0.3 is 9.88 Å². The van der Waals surface area contributed by atoms with E-state index in [-0.39, 0.29) is 5.82 Å². The fraction of sp³-hybridized carbons (Fsp3) is 0.227. The van der Waals surface area contributed by atoms with Gasteiger partial charge in [-0.15, -0.1) is 0 Å². The van der Waals surface area contributed by atoms with Crippen LogP contribution in [0.5, 0.6) is 0 Å². The average molecular weight is 427 g/mol. The summed E-state index contributed by atoms with van der Waals surface area (Å²) in [4.78, 5) is 28.5. The predicted molar refractivity (Wildman–Crippen MR) is 116 cm³/mol. The lowest BCUT2D eigenvalue weighted by molar-refractivity contribution is -0.119. The van der Waals surface area contributed by atoms with Crippen molar-refractivity contribution in [3.8, 4) is 11.3 Å². The fourth-order valence-electron chi connectivity index (χ4n) is 2.85. The number of carbonyl (C=O) groups excluding carboxylic acids is 2. The Morgan fingerprint density at radius 2 is 1.83 bits per heavy atom. The summed E-state index contributed by atoms with van der Waals surface area (Å²) in [5.41, 5.74) is 2.71. The molecule has 0 fully saturated rings. The van der Waals surface area contributed by atoms with Crippen LogP contribution in [0, 0.1) is 5.82 Å². The van der Waals surface area contributed by atoms with E-state index < -0.39 is 17.2 Å². The van der Waals surface area contributed by atoms with Crippen molar-refractivity contribution in [1.82, 2.24) is 20.2 Å². The first kappa shape index (κ1) is 21.6. The van der Waals surface area contributed by atoms with Crippen LogP contribution in [0.4, 0.5) is 9.18 Å². The highest BCUT2D eigenvalue weighted by atomic mass is 32.2. The number of carbonyl (C=O) groups is 2. The van der Waals surface area contributed by atoms with Crippen molar-refractivity contribution in [3.05, 3.63) is 72.2 Å². The molecule has 0 aliphatic rings. The van der Waals surface area contributed by atoms with Gasteiger partial charge in [0.25, 0.3) is 0 Å². The molecule has 1 heterocycles. The molecule has 8 heteroatoms. The van der Waals surface area contributed by atoms with Crippen LogP contribution in [-0.2, 0) is 11.3 Å². The van der Waals surface area contributed by atoms with Crippen LogP contribution in [0.25, 0.3) is 11.3 Å². The number of hydrogen-bond acceptors (Lipinski definition) is 4. The van der Waals surface area contributed by atoms with Gasteiger partial charge in [0.1, 0.15) is 5.82 Å². The van der Waals surface area contributed by atoms with Crippen molar-refractivity contribution < 1.29 is 14.0 Å². The molecule has 3 amide bonds. The number of amides is 3. The zero-order chi connectivity index (χ0) is 21.5. The molecule has 0 unspecified atom stereocenters. The zero-order valence-corrected chi connectivity index (χ0v) is 17.6. The summed E-state index contributed by atoms with van der Waals surface area (Å²) >= 11 is 1.26. The normalized spacial score (nSPS) is 11.7. The van der Waals surface area contributed by atoms with Gasteiger partial charge in [0, 0.05) is 6.54 Å². The van der Waals surface area contributed by atoms with Crippen LogP contribution < -0.4 is 10.6 Å². The maximum absolute atomic E-state index is 13.4. The quantitative estimate of drug-likeness (QED) is 0.559. The molecule has 3 aromatic rings. The number of halogens is 1. The molecule has 0 aliphatic carbocycles. The van der Waals surface area contributed by atoms with E-state index in [0.29, 0.717) is 18.2 Å². The SMILES string of the molecule is CCNC(=O)NC(=O)[C@H](C)Sc1ncc(-c2ccc(F)cc2)n1Cc1ccccc1. The highest BCUT2D eigenvalue weighted by Crippen LogP contribution is 2.29. The molecule has 0 saturated carbocycles. The van der Waals surface area contributed by atoms with E-state index in [1.807, 2.05) is 34.9 Å². The smallest absolute Gasteiger partial charge is 0.321 e. The standard InChI is InChI=1S/C22H23FN4O2S/c1-3-24-21(29)26-20(28)15(2)30-22-25-13-19(17-9-11-18(23)12-10-17)27(22)14-16-7-5-4-6-8-16/h4-13,15H,3,14H2,1-2H3,(H2,24,26,28,29)/t15-/m0/s1. The van der Waals surface area contributed by atoms with Crippen LogP contribution >= 0.6 is 11.8 Å². The van der Waals surface area contributed by atoms with Gasteiger partial charge in [0.15, 0.2) is 5.16 Å². The molecule has 156 valence electrons. The van der Waals surface area contributed by atoms with Gasteiger partial charge in [-0.2, -0.15) is 0 Å². The number of rotatable bonds is 7. The first-order valence-corrected chi connectivity index (χ1v) is 10.5. The summed E-state index contributed by atoms with van der Waals surface area (Å²) in [5, 5.41) is 4.96. The van der Waals surface area contributed by atoms with E-state index in [0.717, 1.165) is 16.8 Å². The third kappa shape index (κ3) is 5.48. The van der Waals surface area contributed by atoms with Gasteiger partial charge in [0.2, 0.25) is 5.91 Å². The minimum atomic E-state index is -0.536. The van der Waals surface area contributed by atoms with Crippen LogP contribution in [0.15, 0.2) is 66.0 Å². The zero-order valence-electron chi connectivity index (χ0n) is 16.8. The largest absolute Gasteiger partial charge is 0.338 e. The van der Waals surface area contributed by atoms with E-state index in [1.165, 1.54) is 23.9 Å². The van der Waals surface area contributed by atoms with E-state index in [1.54, 1.807) is 32.2 Å². The Morgan fingerprint density at radius 3 is 2.50 bits per heavy atom. The molecule has 3 rings (SSSR count). The van der Waals surface area contributed by atoms with Crippen LogP contribution in [-0.4, -0.2) is 33.3 Å². The Bertz CT molecular complexity index is 1010. The van der Waals surface area contributed by atoms with Crippen LogP contribution in [0.1, 0.15) is 19.4 Å². The number of benzene rings is 2. The lowest BCUT2D eigenvalue weighted by Gasteiger charge is -2.15. The van der Waals surface area contributed by atoms with Crippen molar-refractivity contribution in [1.29, 1.82) is 0 Å². The molecule has 2 N–H and O–H groups in total. The molecule has 30 heavy (non-hydrogen) atoms. The number of imidazole rings is 1.